The average molecular weight is 389 g/mol. The molecule has 2 aromatic rings. The van der Waals surface area contributed by atoms with Crippen LogP contribution in [0, 0.1) is 3.57 Å². The number of hydrogen-bond acceptors (Lipinski definition) is 2. The first-order valence-corrected chi connectivity index (χ1v) is 6.60. The number of nitrogens with two attached hydrogens (primary N) is 1. The van der Waals surface area contributed by atoms with E-state index in [4.69, 9.17) is 5.73 Å². The predicted molar refractivity (Wildman–Crippen MR) is 81.0 cm³/mol. The molecule has 82 valence electrons. The Bertz CT molecular complexity index is 514. The quantitative estimate of drug-likeness (QED) is 0.591. The van der Waals surface area contributed by atoms with Crippen LogP contribution in [0.2, 0.25) is 0 Å². The fourth-order valence-corrected chi connectivity index (χ4v) is 2.26. The largest absolute Gasteiger partial charge is 0.397 e. The number of benzene rings is 2. The van der Waals surface area contributed by atoms with E-state index in [1.165, 1.54) is 3.57 Å². The first kappa shape index (κ1) is 11.7. The summed E-state index contributed by atoms with van der Waals surface area (Å²) in [6, 6.07) is 13.9. The lowest BCUT2D eigenvalue weighted by molar-refractivity contribution is 1.51. The zero-order chi connectivity index (χ0) is 11.5. The fourth-order valence-electron chi connectivity index (χ4n) is 1.36. The summed E-state index contributed by atoms with van der Waals surface area (Å²) in [5.41, 5.74) is 8.65. The highest BCUT2D eigenvalue weighted by Crippen LogP contribution is 2.28. The van der Waals surface area contributed by atoms with Crippen molar-refractivity contribution in [3.8, 4) is 0 Å². The molecule has 0 aromatic heterocycles. The minimum Gasteiger partial charge on any atom is -0.397 e. The number of halogens is 2. The van der Waals surface area contributed by atoms with E-state index in [1.807, 2.05) is 36.4 Å². The summed E-state index contributed by atoms with van der Waals surface area (Å²) in [4.78, 5) is 0. The molecule has 0 fully saturated rings. The highest BCUT2D eigenvalue weighted by atomic mass is 127. The Morgan fingerprint density at radius 2 is 1.81 bits per heavy atom. The van der Waals surface area contributed by atoms with Crippen LogP contribution in [-0.2, 0) is 0 Å². The Hall–Kier alpha value is -0.750. The topological polar surface area (TPSA) is 38.0 Å². The number of rotatable bonds is 2. The van der Waals surface area contributed by atoms with Gasteiger partial charge in [-0.25, -0.2) is 0 Å². The van der Waals surface area contributed by atoms with Gasteiger partial charge in [0.15, 0.2) is 0 Å². The molecule has 0 saturated heterocycles. The van der Waals surface area contributed by atoms with Gasteiger partial charge in [-0.1, -0.05) is 28.1 Å². The Morgan fingerprint density at radius 3 is 2.50 bits per heavy atom. The molecule has 0 aliphatic carbocycles. The molecule has 0 atom stereocenters. The zero-order valence-corrected chi connectivity index (χ0v) is 12.1. The van der Waals surface area contributed by atoms with Gasteiger partial charge in [-0.15, -0.1) is 0 Å². The SMILES string of the molecule is Nc1cc(Br)ccc1Nc1ccccc1I. The van der Waals surface area contributed by atoms with E-state index in [1.54, 1.807) is 0 Å². The second-order valence-electron chi connectivity index (χ2n) is 3.34. The van der Waals surface area contributed by atoms with Crippen LogP contribution in [0.1, 0.15) is 0 Å². The highest BCUT2D eigenvalue weighted by molar-refractivity contribution is 14.1. The number of nitrogen functional groups attached to an aromatic ring is 1. The van der Waals surface area contributed by atoms with Gasteiger partial charge in [0.2, 0.25) is 0 Å². The van der Waals surface area contributed by atoms with Crippen LogP contribution in [0.5, 0.6) is 0 Å². The van der Waals surface area contributed by atoms with Gasteiger partial charge in [-0.3, -0.25) is 0 Å². The van der Waals surface area contributed by atoms with Gasteiger partial charge in [0, 0.05) is 8.04 Å². The molecule has 4 heteroatoms. The second-order valence-corrected chi connectivity index (χ2v) is 5.41. The van der Waals surface area contributed by atoms with Crippen LogP contribution in [-0.4, -0.2) is 0 Å². The average Bonchev–Trinajstić information content (AvgIpc) is 2.25. The van der Waals surface area contributed by atoms with Gasteiger partial charge < -0.3 is 11.1 Å². The van der Waals surface area contributed by atoms with Crippen LogP contribution < -0.4 is 11.1 Å². The molecule has 0 amide bonds. The summed E-state index contributed by atoms with van der Waals surface area (Å²) >= 11 is 5.68. The zero-order valence-electron chi connectivity index (χ0n) is 8.37. The smallest absolute Gasteiger partial charge is 0.0619 e. The lowest BCUT2D eigenvalue weighted by Gasteiger charge is -2.10. The molecule has 16 heavy (non-hydrogen) atoms. The molecule has 0 saturated carbocycles. The van der Waals surface area contributed by atoms with Crippen molar-refractivity contribution in [1.29, 1.82) is 0 Å². The van der Waals surface area contributed by atoms with Crippen LogP contribution >= 0.6 is 38.5 Å². The van der Waals surface area contributed by atoms with E-state index in [0.29, 0.717) is 0 Å². The lowest BCUT2D eigenvalue weighted by Crippen LogP contribution is -1.97. The molecule has 0 aliphatic rings. The van der Waals surface area contributed by atoms with E-state index < -0.39 is 0 Å². The first-order valence-electron chi connectivity index (χ1n) is 4.73. The Morgan fingerprint density at radius 1 is 1.06 bits per heavy atom. The van der Waals surface area contributed by atoms with Crippen molar-refractivity contribution in [2.24, 2.45) is 0 Å². The predicted octanol–water partition coefficient (Wildman–Crippen LogP) is 4.38. The second kappa shape index (κ2) is 5.05. The number of para-hydroxylation sites is 1. The maximum absolute atomic E-state index is 5.92. The maximum atomic E-state index is 5.92. The van der Waals surface area contributed by atoms with Crippen LogP contribution in [0.15, 0.2) is 46.9 Å². The van der Waals surface area contributed by atoms with Gasteiger partial charge in [-0.2, -0.15) is 0 Å². The van der Waals surface area contributed by atoms with Crippen molar-refractivity contribution in [1.82, 2.24) is 0 Å². The molecule has 0 aliphatic heterocycles. The monoisotopic (exact) mass is 388 g/mol. The summed E-state index contributed by atoms with van der Waals surface area (Å²) in [5, 5.41) is 3.31. The number of hydrogen-bond donors (Lipinski definition) is 2. The van der Waals surface area contributed by atoms with E-state index in [-0.39, 0.29) is 0 Å². The molecule has 0 spiro atoms. The summed E-state index contributed by atoms with van der Waals surface area (Å²) < 4.78 is 2.15. The molecular weight excluding hydrogens is 379 g/mol. The number of nitrogens with one attached hydrogen (secondary N) is 1. The van der Waals surface area contributed by atoms with E-state index in [9.17, 15) is 0 Å². The summed E-state index contributed by atoms with van der Waals surface area (Å²) in [7, 11) is 0. The molecule has 2 rings (SSSR count). The molecule has 0 unspecified atom stereocenters. The molecular formula is C12H10BrIN2. The molecule has 2 aromatic carbocycles. The van der Waals surface area contributed by atoms with E-state index in [2.05, 4.69) is 49.9 Å². The minimum atomic E-state index is 0.731. The van der Waals surface area contributed by atoms with Gasteiger partial charge >= 0.3 is 0 Å². The van der Waals surface area contributed by atoms with Gasteiger partial charge in [0.1, 0.15) is 0 Å². The summed E-state index contributed by atoms with van der Waals surface area (Å²) in [6.45, 7) is 0. The highest BCUT2D eigenvalue weighted by Gasteiger charge is 2.02. The first-order chi connectivity index (χ1) is 7.66. The lowest BCUT2D eigenvalue weighted by atomic mass is 10.2. The van der Waals surface area contributed by atoms with E-state index in [0.717, 1.165) is 21.5 Å². The third-order valence-electron chi connectivity index (χ3n) is 2.16. The van der Waals surface area contributed by atoms with E-state index >= 15 is 0 Å². The summed E-state index contributed by atoms with van der Waals surface area (Å²) in [5.74, 6) is 0. The maximum Gasteiger partial charge on any atom is 0.0619 e. The van der Waals surface area contributed by atoms with Crippen molar-refractivity contribution in [2.75, 3.05) is 11.1 Å². The third kappa shape index (κ3) is 2.68. The summed E-state index contributed by atoms with van der Waals surface area (Å²) in [6.07, 6.45) is 0. The molecule has 0 heterocycles. The van der Waals surface area contributed by atoms with Gasteiger partial charge in [-0.05, 0) is 52.9 Å². The van der Waals surface area contributed by atoms with Crippen molar-refractivity contribution in [3.63, 3.8) is 0 Å². The van der Waals surface area contributed by atoms with Crippen LogP contribution in [0.3, 0.4) is 0 Å². The fraction of sp³-hybridized carbons (Fsp3) is 0. The Kier molecular flexibility index (Phi) is 3.70. The van der Waals surface area contributed by atoms with Crippen LogP contribution in [0.25, 0.3) is 0 Å². The van der Waals surface area contributed by atoms with Crippen molar-refractivity contribution in [3.05, 3.63) is 50.5 Å². The Labute approximate surface area is 117 Å². The van der Waals surface area contributed by atoms with Gasteiger partial charge in [0.25, 0.3) is 0 Å². The van der Waals surface area contributed by atoms with Crippen LogP contribution in [0.4, 0.5) is 17.1 Å². The van der Waals surface area contributed by atoms with Crippen molar-refractivity contribution < 1.29 is 0 Å². The molecule has 2 nitrogen and oxygen atoms in total. The standard InChI is InChI=1S/C12H10BrIN2/c13-8-5-6-12(10(15)7-8)16-11-4-2-1-3-9(11)14/h1-7,16H,15H2. The minimum absolute atomic E-state index is 0.731. The molecule has 3 N–H and O–H groups in total. The molecule has 0 radical (unpaired) electrons. The van der Waals surface area contributed by atoms with Crippen molar-refractivity contribution >= 4 is 55.6 Å². The van der Waals surface area contributed by atoms with Gasteiger partial charge in [0.05, 0.1) is 17.1 Å². The van der Waals surface area contributed by atoms with Crippen molar-refractivity contribution in [2.45, 2.75) is 0 Å². The molecule has 0 bridgehead atoms. The third-order valence-corrected chi connectivity index (χ3v) is 3.59. The normalized spacial score (nSPS) is 10.1. The Balaban J connectivity index is 2.31. The number of anilines is 3.